The first kappa shape index (κ1) is 16.8. The van der Waals surface area contributed by atoms with Crippen LogP contribution in [-0.2, 0) is 12.8 Å². The van der Waals surface area contributed by atoms with Gasteiger partial charge in [-0.15, -0.1) is 0 Å². The number of rotatable bonds is 3. The van der Waals surface area contributed by atoms with E-state index in [0.29, 0.717) is 11.5 Å². The number of amides is 1. The lowest BCUT2D eigenvalue weighted by molar-refractivity contribution is 0.0629. The van der Waals surface area contributed by atoms with Crippen molar-refractivity contribution in [2.75, 3.05) is 32.7 Å². The normalized spacial score (nSPS) is 24.3. The van der Waals surface area contributed by atoms with E-state index in [0.717, 1.165) is 56.6 Å². The first-order chi connectivity index (χ1) is 12.2. The molecule has 3 aliphatic rings. The van der Waals surface area contributed by atoms with Gasteiger partial charge in [-0.05, 0) is 75.6 Å². The van der Waals surface area contributed by atoms with E-state index in [4.69, 9.17) is 0 Å². The third-order valence-electron chi connectivity index (χ3n) is 6.09. The maximum absolute atomic E-state index is 13.0. The Morgan fingerprint density at radius 3 is 2.76 bits per heavy atom. The first-order valence-electron chi connectivity index (χ1n) is 9.97. The Morgan fingerprint density at radius 2 is 1.92 bits per heavy atom. The lowest BCUT2D eigenvalue weighted by Gasteiger charge is -2.36. The Balaban J connectivity index is 1.44. The molecule has 0 bridgehead atoms. The number of aromatic amines is 1. The second-order valence-electron chi connectivity index (χ2n) is 7.99. The maximum atomic E-state index is 13.0. The molecule has 0 unspecified atom stereocenters. The number of pyridine rings is 1. The van der Waals surface area contributed by atoms with E-state index < -0.39 is 0 Å². The zero-order valence-electron chi connectivity index (χ0n) is 15.1. The molecule has 0 aromatic carbocycles. The van der Waals surface area contributed by atoms with Gasteiger partial charge in [0, 0.05) is 25.3 Å². The third kappa shape index (κ3) is 3.66. The van der Waals surface area contributed by atoms with Crippen LogP contribution in [0.5, 0.6) is 0 Å². The molecular formula is C20H29N3O2. The Labute approximate surface area is 149 Å². The van der Waals surface area contributed by atoms with Gasteiger partial charge in [0.1, 0.15) is 5.56 Å². The fraction of sp³-hybridized carbons (Fsp3) is 0.700. The topological polar surface area (TPSA) is 56.4 Å². The zero-order valence-corrected chi connectivity index (χ0v) is 15.1. The van der Waals surface area contributed by atoms with Gasteiger partial charge in [-0.3, -0.25) is 9.59 Å². The molecule has 1 aliphatic carbocycles. The molecule has 25 heavy (non-hydrogen) atoms. The predicted molar refractivity (Wildman–Crippen MR) is 98.0 cm³/mol. The lowest BCUT2D eigenvalue weighted by Crippen LogP contribution is -2.45. The molecule has 1 amide bonds. The van der Waals surface area contributed by atoms with Crippen LogP contribution in [0.3, 0.4) is 0 Å². The van der Waals surface area contributed by atoms with Gasteiger partial charge >= 0.3 is 0 Å². The number of carbonyl (C=O) groups is 1. The highest BCUT2D eigenvalue weighted by atomic mass is 16.2. The molecule has 4 rings (SSSR count). The van der Waals surface area contributed by atoms with Crippen molar-refractivity contribution in [3.05, 3.63) is 33.2 Å². The van der Waals surface area contributed by atoms with E-state index >= 15 is 0 Å². The zero-order chi connectivity index (χ0) is 17.2. The summed E-state index contributed by atoms with van der Waals surface area (Å²) in [6, 6.07) is 1.86. The molecule has 3 heterocycles. The van der Waals surface area contributed by atoms with Crippen molar-refractivity contribution in [1.82, 2.24) is 14.8 Å². The summed E-state index contributed by atoms with van der Waals surface area (Å²) in [5, 5.41) is 0. The van der Waals surface area contributed by atoms with Crippen molar-refractivity contribution >= 4 is 5.91 Å². The van der Waals surface area contributed by atoms with E-state index in [2.05, 4.69) is 9.88 Å². The number of piperidine rings is 2. The van der Waals surface area contributed by atoms with Crippen LogP contribution in [0.2, 0.25) is 0 Å². The molecule has 1 atom stereocenters. The summed E-state index contributed by atoms with van der Waals surface area (Å²) in [6.07, 6.45) is 9.19. The van der Waals surface area contributed by atoms with Crippen LogP contribution in [0.25, 0.3) is 0 Å². The van der Waals surface area contributed by atoms with E-state index in [1.807, 2.05) is 11.0 Å². The number of carbonyl (C=O) groups excluding carboxylic acids is 1. The number of aromatic nitrogens is 1. The van der Waals surface area contributed by atoms with Gasteiger partial charge in [-0.25, -0.2) is 0 Å². The fourth-order valence-corrected chi connectivity index (χ4v) is 4.75. The smallest absolute Gasteiger partial charge is 0.261 e. The van der Waals surface area contributed by atoms with Crippen molar-refractivity contribution in [3.63, 3.8) is 0 Å². The van der Waals surface area contributed by atoms with Crippen LogP contribution in [0.15, 0.2) is 10.9 Å². The van der Waals surface area contributed by atoms with Crippen LogP contribution < -0.4 is 5.56 Å². The predicted octanol–water partition coefficient (Wildman–Crippen LogP) is 2.20. The largest absolute Gasteiger partial charge is 0.338 e. The summed E-state index contributed by atoms with van der Waals surface area (Å²) < 4.78 is 0. The summed E-state index contributed by atoms with van der Waals surface area (Å²) in [7, 11) is 0. The molecule has 0 saturated carbocycles. The van der Waals surface area contributed by atoms with Gasteiger partial charge in [0.2, 0.25) is 0 Å². The van der Waals surface area contributed by atoms with Crippen LogP contribution >= 0.6 is 0 Å². The molecule has 1 aromatic rings. The van der Waals surface area contributed by atoms with E-state index in [-0.39, 0.29) is 11.5 Å². The molecule has 0 spiro atoms. The van der Waals surface area contributed by atoms with Crippen LogP contribution in [0, 0.1) is 5.92 Å². The Kier molecular flexibility index (Phi) is 4.93. The number of H-pyrrole nitrogens is 1. The molecule has 2 fully saturated rings. The molecule has 1 N–H and O–H groups in total. The maximum Gasteiger partial charge on any atom is 0.261 e. The molecule has 136 valence electrons. The van der Waals surface area contributed by atoms with Gasteiger partial charge in [-0.2, -0.15) is 0 Å². The van der Waals surface area contributed by atoms with Crippen LogP contribution in [-0.4, -0.2) is 53.4 Å². The number of nitrogens with one attached hydrogen (secondary N) is 1. The Hall–Kier alpha value is -1.62. The quantitative estimate of drug-likeness (QED) is 0.915. The van der Waals surface area contributed by atoms with E-state index in [1.54, 1.807) is 0 Å². The minimum absolute atomic E-state index is 0.0701. The Bertz CT molecular complexity index is 691. The highest BCUT2D eigenvalue weighted by Crippen LogP contribution is 2.23. The molecule has 0 radical (unpaired) electrons. The third-order valence-corrected chi connectivity index (χ3v) is 6.09. The van der Waals surface area contributed by atoms with Gasteiger partial charge in [-0.1, -0.05) is 6.42 Å². The summed E-state index contributed by atoms with van der Waals surface area (Å²) in [4.78, 5) is 32.7. The SMILES string of the molecule is O=C(c1cc2c([nH]c1=O)CCC2)N1CCC[C@H](CN2CCCCC2)C1. The second kappa shape index (κ2) is 7.32. The van der Waals surface area contributed by atoms with E-state index in [9.17, 15) is 9.59 Å². The highest BCUT2D eigenvalue weighted by Gasteiger charge is 2.28. The monoisotopic (exact) mass is 343 g/mol. The summed E-state index contributed by atoms with van der Waals surface area (Å²) in [5.41, 5.74) is 2.33. The first-order valence-corrected chi connectivity index (χ1v) is 9.97. The Morgan fingerprint density at radius 1 is 1.08 bits per heavy atom. The van der Waals surface area contributed by atoms with Gasteiger partial charge in [0.05, 0.1) is 0 Å². The number of hydrogen-bond acceptors (Lipinski definition) is 3. The molecule has 2 aliphatic heterocycles. The summed E-state index contributed by atoms with van der Waals surface area (Å²) >= 11 is 0. The van der Waals surface area contributed by atoms with Crippen molar-refractivity contribution in [2.45, 2.75) is 51.4 Å². The molecule has 1 aromatic heterocycles. The number of fused-ring (bicyclic) bond motifs is 1. The van der Waals surface area contributed by atoms with Crippen molar-refractivity contribution in [3.8, 4) is 0 Å². The van der Waals surface area contributed by atoms with Crippen LogP contribution in [0.4, 0.5) is 0 Å². The van der Waals surface area contributed by atoms with Gasteiger partial charge in [0.25, 0.3) is 11.5 Å². The molecule has 5 heteroatoms. The van der Waals surface area contributed by atoms with Crippen molar-refractivity contribution in [1.29, 1.82) is 0 Å². The molecular weight excluding hydrogens is 314 g/mol. The van der Waals surface area contributed by atoms with Crippen molar-refractivity contribution in [2.24, 2.45) is 5.92 Å². The number of hydrogen-bond donors (Lipinski definition) is 1. The molecule has 5 nitrogen and oxygen atoms in total. The number of nitrogens with zero attached hydrogens (tertiary/aromatic N) is 2. The minimum Gasteiger partial charge on any atom is -0.338 e. The number of aryl methyl sites for hydroxylation is 2. The summed E-state index contributed by atoms with van der Waals surface area (Å²) in [5.74, 6) is 0.476. The van der Waals surface area contributed by atoms with Gasteiger partial charge in [0.15, 0.2) is 0 Å². The highest BCUT2D eigenvalue weighted by molar-refractivity contribution is 5.94. The fourth-order valence-electron chi connectivity index (χ4n) is 4.75. The lowest BCUT2D eigenvalue weighted by atomic mass is 9.95. The van der Waals surface area contributed by atoms with Crippen molar-refractivity contribution < 1.29 is 4.79 Å². The standard InChI is InChI=1S/C20H29N3O2/c24-19-17(12-16-7-4-8-18(16)21-19)20(25)23-11-5-6-15(14-23)13-22-9-2-1-3-10-22/h12,15H,1-11,13-14H2,(H,21,24)/t15-/m1/s1. The summed E-state index contributed by atoms with van der Waals surface area (Å²) in [6.45, 7) is 5.09. The number of likely N-dealkylation sites (tertiary alicyclic amines) is 2. The van der Waals surface area contributed by atoms with Gasteiger partial charge < -0.3 is 14.8 Å². The van der Waals surface area contributed by atoms with E-state index in [1.165, 1.54) is 38.8 Å². The average molecular weight is 343 g/mol. The molecule has 2 saturated heterocycles. The average Bonchev–Trinajstić information content (AvgIpc) is 3.09. The minimum atomic E-state index is -0.205. The van der Waals surface area contributed by atoms with Crippen LogP contribution in [0.1, 0.15) is 60.1 Å². The second-order valence-corrected chi connectivity index (χ2v) is 7.99.